The number of nitrogens with zero attached hydrogens (tertiary/aromatic N) is 2. The van der Waals surface area contributed by atoms with Crippen LogP contribution in [0.25, 0.3) is 0 Å². The summed E-state index contributed by atoms with van der Waals surface area (Å²) >= 11 is 5.98. The van der Waals surface area contributed by atoms with E-state index < -0.39 is 11.7 Å². The number of aryl methyl sites for hydroxylation is 1. The van der Waals surface area contributed by atoms with Gasteiger partial charge in [0.05, 0.1) is 12.4 Å². The van der Waals surface area contributed by atoms with Crippen LogP contribution in [0.2, 0.25) is 5.02 Å². The van der Waals surface area contributed by atoms with E-state index in [0.29, 0.717) is 16.5 Å². The summed E-state index contributed by atoms with van der Waals surface area (Å²) in [5.41, 5.74) is 2.28. The van der Waals surface area contributed by atoms with Crippen molar-refractivity contribution < 1.29 is 9.18 Å². The number of halogens is 2. The number of aromatic nitrogens is 2. The second-order valence-electron chi connectivity index (χ2n) is 5.34. The van der Waals surface area contributed by atoms with Crippen LogP contribution >= 0.6 is 11.6 Å². The van der Waals surface area contributed by atoms with Gasteiger partial charge in [-0.25, -0.2) is 14.4 Å². The first-order valence-electron chi connectivity index (χ1n) is 7.43. The highest BCUT2D eigenvalue weighted by Gasteiger charge is 2.09. The number of rotatable bonds is 4. The molecule has 7 heteroatoms. The lowest BCUT2D eigenvalue weighted by atomic mass is 10.2. The summed E-state index contributed by atoms with van der Waals surface area (Å²) in [6, 6.07) is 11.1. The maximum absolute atomic E-state index is 13.1. The molecule has 0 spiro atoms. The molecule has 0 unspecified atom stereocenters. The van der Waals surface area contributed by atoms with Gasteiger partial charge in [-0.05, 0) is 42.8 Å². The lowest BCUT2D eigenvalue weighted by molar-refractivity contribution is 0.102. The third-order valence-corrected chi connectivity index (χ3v) is 3.66. The highest BCUT2D eigenvalue weighted by molar-refractivity contribution is 6.30. The first kappa shape index (κ1) is 16.9. The Morgan fingerprint density at radius 3 is 2.68 bits per heavy atom. The lowest BCUT2D eigenvalue weighted by Crippen LogP contribution is -2.14. The summed E-state index contributed by atoms with van der Waals surface area (Å²) in [5.74, 6) is -0.420. The van der Waals surface area contributed by atoms with Gasteiger partial charge in [0, 0.05) is 16.4 Å². The summed E-state index contributed by atoms with van der Waals surface area (Å²) < 4.78 is 13.1. The molecule has 0 saturated carbocycles. The number of benzene rings is 2. The van der Waals surface area contributed by atoms with Crippen molar-refractivity contribution in [1.82, 2.24) is 9.97 Å². The molecular formula is C18H14ClFN4O. The fourth-order valence-electron chi connectivity index (χ4n) is 2.14. The summed E-state index contributed by atoms with van der Waals surface area (Å²) in [6.45, 7) is 1.94. The summed E-state index contributed by atoms with van der Waals surface area (Å²) in [7, 11) is 0. The molecule has 126 valence electrons. The van der Waals surface area contributed by atoms with Crippen LogP contribution in [0.4, 0.5) is 21.6 Å². The van der Waals surface area contributed by atoms with E-state index in [-0.39, 0.29) is 5.69 Å². The minimum Gasteiger partial charge on any atom is -0.339 e. The van der Waals surface area contributed by atoms with Gasteiger partial charge >= 0.3 is 0 Å². The molecule has 3 rings (SSSR count). The molecule has 0 aliphatic heterocycles. The zero-order valence-corrected chi connectivity index (χ0v) is 14.0. The van der Waals surface area contributed by atoms with Gasteiger partial charge in [0.25, 0.3) is 5.91 Å². The third-order valence-electron chi connectivity index (χ3n) is 3.43. The Morgan fingerprint density at radius 2 is 1.96 bits per heavy atom. The van der Waals surface area contributed by atoms with Crippen molar-refractivity contribution in [2.75, 3.05) is 10.6 Å². The molecule has 1 amide bonds. The van der Waals surface area contributed by atoms with Crippen LogP contribution < -0.4 is 10.6 Å². The minimum absolute atomic E-state index is 0.123. The van der Waals surface area contributed by atoms with Gasteiger partial charge in [-0.15, -0.1) is 0 Å². The molecule has 0 fully saturated rings. The maximum atomic E-state index is 13.1. The van der Waals surface area contributed by atoms with Crippen LogP contribution in [-0.2, 0) is 0 Å². The molecule has 2 aromatic carbocycles. The highest BCUT2D eigenvalue weighted by atomic mass is 35.5. The Balaban J connectivity index is 1.71. The topological polar surface area (TPSA) is 66.9 Å². The average molecular weight is 357 g/mol. The molecule has 0 aliphatic carbocycles. The number of anilines is 3. The van der Waals surface area contributed by atoms with Crippen molar-refractivity contribution >= 4 is 34.7 Å². The standard InChI is InChI=1S/C18H14ClFN4O/c1-11-5-6-12(19)7-15(11)24-17-10-21-16(9-22-17)18(25)23-14-4-2-3-13(20)8-14/h2-10H,1H3,(H,22,24)(H,23,25). The average Bonchev–Trinajstić information content (AvgIpc) is 2.59. The Bertz CT molecular complexity index is 915. The van der Waals surface area contributed by atoms with Gasteiger partial charge in [0.2, 0.25) is 0 Å². The fourth-order valence-corrected chi connectivity index (χ4v) is 2.31. The number of hydrogen-bond donors (Lipinski definition) is 2. The van der Waals surface area contributed by atoms with Crippen LogP contribution in [0.3, 0.4) is 0 Å². The SMILES string of the molecule is Cc1ccc(Cl)cc1Nc1cnc(C(=O)Nc2cccc(F)c2)cn1. The second-order valence-corrected chi connectivity index (χ2v) is 5.77. The van der Waals surface area contributed by atoms with Crippen molar-refractivity contribution in [1.29, 1.82) is 0 Å². The van der Waals surface area contributed by atoms with Crippen molar-refractivity contribution in [2.24, 2.45) is 0 Å². The molecule has 0 saturated heterocycles. The molecule has 0 radical (unpaired) electrons. The number of nitrogens with one attached hydrogen (secondary N) is 2. The van der Waals surface area contributed by atoms with Gasteiger partial charge < -0.3 is 10.6 Å². The van der Waals surface area contributed by atoms with Crippen molar-refractivity contribution in [3.05, 3.63) is 77.0 Å². The zero-order valence-electron chi connectivity index (χ0n) is 13.3. The van der Waals surface area contributed by atoms with E-state index in [2.05, 4.69) is 20.6 Å². The van der Waals surface area contributed by atoms with Gasteiger partial charge in [-0.3, -0.25) is 4.79 Å². The predicted octanol–water partition coefficient (Wildman–Crippen LogP) is 4.57. The van der Waals surface area contributed by atoms with E-state index >= 15 is 0 Å². The fraction of sp³-hybridized carbons (Fsp3) is 0.0556. The molecule has 0 atom stereocenters. The van der Waals surface area contributed by atoms with Crippen LogP contribution in [0.15, 0.2) is 54.9 Å². The van der Waals surface area contributed by atoms with Crippen LogP contribution in [0.5, 0.6) is 0 Å². The molecule has 5 nitrogen and oxygen atoms in total. The monoisotopic (exact) mass is 356 g/mol. The molecule has 1 aromatic heterocycles. The predicted molar refractivity (Wildman–Crippen MR) is 95.9 cm³/mol. The van der Waals surface area contributed by atoms with E-state index in [9.17, 15) is 9.18 Å². The molecule has 2 N–H and O–H groups in total. The van der Waals surface area contributed by atoms with Gasteiger partial charge in [0.15, 0.2) is 0 Å². The first-order valence-corrected chi connectivity index (χ1v) is 7.81. The molecule has 0 bridgehead atoms. The quantitative estimate of drug-likeness (QED) is 0.718. The van der Waals surface area contributed by atoms with Crippen LogP contribution in [0, 0.1) is 12.7 Å². The number of carbonyl (C=O) groups excluding carboxylic acids is 1. The summed E-state index contributed by atoms with van der Waals surface area (Å²) in [4.78, 5) is 20.4. The first-order chi connectivity index (χ1) is 12.0. The largest absolute Gasteiger partial charge is 0.339 e. The van der Waals surface area contributed by atoms with Crippen LogP contribution in [0.1, 0.15) is 16.1 Å². The number of carbonyl (C=O) groups is 1. The molecular weight excluding hydrogens is 343 g/mol. The second kappa shape index (κ2) is 7.27. The number of amides is 1. The molecule has 1 heterocycles. The van der Waals surface area contributed by atoms with Gasteiger partial charge in [0.1, 0.15) is 17.3 Å². The lowest BCUT2D eigenvalue weighted by Gasteiger charge is -2.09. The summed E-state index contributed by atoms with van der Waals surface area (Å²) in [5, 5.41) is 6.27. The smallest absolute Gasteiger partial charge is 0.275 e. The third kappa shape index (κ3) is 4.30. The molecule has 0 aliphatic rings. The van der Waals surface area contributed by atoms with E-state index in [4.69, 9.17) is 11.6 Å². The van der Waals surface area contributed by atoms with Crippen molar-refractivity contribution in [3.8, 4) is 0 Å². The maximum Gasteiger partial charge on any atom is 0.275 e. The number of hydrogen-bond acceptors (Lipinski definition) is 4. The van der Waals surface area contributed by atoms with Crippen molar-refractivity contribution in [3.63, 3.8) is 0 Å². The minimum atomic E-state index is -0.469. The summed E-state index contributed by atoms with van der Waals surface area (Å²) in [6.07, 6.45) is 2.79. The Hall–Kier alpha value is -2.99. The molecule has 25 heavy (non-hydrogen) atoms. The van der Waals surface area contributed by atoms with E-state index in [0.717, 1.165) is 11.3 Å². The Kier molecular flexibility index (Phi) is 4.90. The Morgan fingerprint density at radius 1 is 1.12 bits per heavy atom. The zero-order chi connectivity index (χ0) is 17.8. The molecule has 3 aromatic rings. The normalized spacial score (nSPS) is 10.4. The van der Waals surface area contributed by atoms with E-state index in [1.54, 1.807) is 18.2 Å². The Labute approximate surface area is 148 Å². The van der Waals surface area contributed by atoms with Gasteiger partial charge in [-0.1, -0.05) is 23.7 Å². The highest BCUT2D eigenvalue weighted by Crippen LogP contribution is 2.23. The van der Waals surface area contributed by atoms with Crippen molar-refractivity contribution in [2.45, 2.75) is 6.92 Å². The van der Waals surface area contributed by atoms with E-state index in [1.807, 2.05) is 13.0 Å². The van der Waals surface area contributed by atoms with E-state index in [1.165, 1.54) is 30.6 Å². The van der Waals surface area contributed by atoms with Crippen LogP contribution in [-0.4, -0.2) is 15.9 Å². The van der Waals surface area contributed by atoms with Gasteiger partial charge in [-0.2, -0.15) is 0 Å².